The minimum atomic E-state index is -4.32. The second-order valence-corrected chi connectivity index (χ2v) is 5.61. The van der Waals surface area contributed by atoms with E-state index in [0.29, 0.717) is 5.56 Å². The number of halogens is 3. The average Bonchev–Trinajstić information content (AvgIpc) is 2.66. The van der Waals surface area contributed by atoms with Gasteiger partial charge in [0.2, 0.25) is 0 Å². The molecule has 5 heteroatoms. The molecular weight excluding hydrogens is 253 g/mol. The number of nitrogens with zero attached hydrogens (tertiary/aromatic N) is 1. The van der Waals surface area contributed by atoms with Crippen molar-refractivity contribution in [3.05, 3.63) is 29.3 Å². The van der Waals surface area contributed by atoms with Crippen LogP contribution in [-0.2, 0) is 12.7 Å². The Morgan fingerprint density at radius 3 is 2.47 bits per heavy atom. The van der Waals surface area contributed by atoms with Crippen molar-refractivity contribution in [2.75, 3.05) is 11.4 Å². The zero-order chi connectivity index (χ0) is 14.3. The van der Waals surface area contributed by atoms with Gasteiger partial charge in [-0.15, -0.1) is 0 Å². The van der Waals surface area contributed by atoms with Crippen molar-refractivity contribution < 1.29 is 13.2 Å². The predicted molar refractivity (Wildman–Crippen MR) is 70.0 cm³/mol. The number of hydrogen-bond donors (Lipinski definition) is 1. The molecule has 0 unspecified atom stereocenters. The SMILES string of the molecule is CC1(C)CCCN1c1ccc(C(F)(F)F)cc1CN. The maximum absolute atomic E-state index is 12.7. The fourth-order valence-corrected chi connectivity index (χ4v) is 2.74. The molecule has 19 heavy (non-hydrogen) atoms. The Bertz CT molecular complexity index is 466. The molecular formula is C14H19F3N2. The molecule has 2 N–H and O–H groups in total. The Morgan fingerprint density at radius 1 is 1.32 bits per heavy atom. The molecule has 1 aromatic rings. The molecule has 0 saturated carbocycles. The molecule has 2 rings (SSSR count). The standard InChI is InChI=1S/C14H19F3N2/c1-13(2)6-3-7-19(13)12-5-4-11(14(15,16)17)8-10(12)9-18/h4-5,8H,3,6-7,9,18H2,1-2H3. The summed E-state index contributed by atoms with van der Waals surface area (Å²) in [6, 6.07) is 3.87. The topological polar surface area (TPSA) is 29.3 Å². The van der Waals surface area contributed by atoms with Crippen LogP contribution in [0.2, 0.25) is 0 Å². The quantitative estimate of drug-likeness (QED) is 0.892. The zero-order valence-electron chi connectivity index (χ0n) is 11.2. The molecule has 0 bridgehead atoms. The molecule has 1 aromatic carbocycles. The third-order valence-electron chi connectivity index (χ3n) is 3.82. The van der Waals surface area contributed by atoms with Gasteiger partial charge in [-0.3, -0.25) is 0 Å². The van der Waals surface area contributed by atoms with E-state index in [1.165, 1.54) is 6.07 Å². The first-order chi connectivity index (χ1) is 8.75. The van der Waals surface area contributed by atoms with E-state index in [1.54, 1.807) is 6.07 Å². The fourth-order valence-electron chi connectivity index (χ4n) is 2.74. The summed E-state index contributed by atoms with van der Waals surface area (Å²) in [5.74, 6) is 0. The lowest BCUT2D eigenvalue weighted by Crippen LogP contribution is -2.38. The van der Waals surface area contributed by atoms with E-state index in [2.05, 4.69) is 18.7 Å². The lowest BCUT2D eigenvalue weighted by Gasteiger charge is -2.35. The molecule has 1 aliphatic heterocycles. The summed E-state index contributed by atoms with van der Waals surface area (Å²) in [4.78, 5) is 2.16. The van der Waals surface area contributed by atoms with Gasteiger partial charge in [0, 0.05) is 24.3 Å². The maximum atomic E-state index is 12.7. The molecule has 0 aromatic heterocycles. The van der Waals surface area contributed by atoms with Crippen molar-refractivity contribution in [3.63, 3.8) is 0 Å². The van der Waals surface area contributed by atoms with Crippen LogP contribution in [0.4, 0.5) is 18.9 Å². The van der Waals surface area contributed by atoms with Gasteiger partial charge in [0.25, 0.3) is 0 Å². The lowest BCUT2D eigenvalue weighted by molar-refractivity contribution is -0.137. The van der Waals surface area contributed by atoms with Gasteiger partial charge in [-0.25, -0.2) is 0 Å². The Morgan fingerprint density at radius 2 is 2.00 bits per heavy atom. The minimum absolute atomic E-state index is 0.0241. The van der Waals surface area contributed by atoms with Crippen molar-refractivity contribution in [2.24, 2.45) is 5.73 Å². The summed E-state index contributed by atoms with van der Waals surface area (Å²) < 4.78 is 38.1. The summed E-state index contributed by atoms with van der Waals surface area (Å²) in [5.41, 5.74) is 6.36. The van der Waals surface area contributed by atoms with Crippen LogP contribution >= 0.6 is 0 Å². The normalized spacial score (nSPS) is 18.9. The number of nitrogens with two attached hydrogens (primary N) is 1. The van der Waals surface area contributed by atoms with Crippen LogP contribution < -0.4 is 10.6 Å². The summed E-state index contributed by atoms with van der Waals surface area (Å²) in [6.07, 6.45) is -2.22. The Labute approximate surface area is 111 Å². The maximum Gasteiger partial charge on any atom is 0.416 e. The van der Waals surface area contributed by atoms with Gasteiger partial charge in [-0.05, 0) is 50.5 Å². The van der Waals surface area contributed by atoms with Crippen LogP contribution in [0.1, 0.15) is 37.8 Å². The van der Waals surface area contributed by atoms with E-state index in [4.69, 9.17) is 5.73 Å². The second-order valence-electron chi connectivity index (χ2n) is 5.61. The van der Waals surface area contributed by atoms with E-state index in [0.717, 1.165) is 31.1 Å². The number of benzene rings is 1. The Kier molecular flexibility index (Phi) is 3.51. The molecule has 0 spiro atoms. The molecule has 1 aliphatic rings. The lowest BCUT2D eigenvalue weighted by atomic mass is 9.99. The average molecular weight is 272 g/mol. The monoisotopic (exact) mass is 272 g/mol. The molecule has 0 radical (unpaired) electrons. The van der Waals surface area contributed by atoms with E-state index in [9.17, 15) is 13.2 Å². The molecule has 0 aliphatic carbocycles. The van der Waals surface area contributed by atoms with Crippen LogP contribution in [0.3, 0.4) is 0 Å². The van der Waals surface area contributed by atoms with Crippen LogP contribution in [0.15, 0.2) is 18.2 Å². The molecule has 0 atom stereocenters. The van der Waals surface area contributed by atoms with Gasteiger partial charge in [0.05, 0.1) is 5.56 Å². The first-order valence-corrected chi connectivity index (χ1v) is 6.43. The van der Waals surface area contributed by atoms with Gasteiger partial charge in [0.15, 0.2) is 0 Å². The Hall–Kier alpha value is -1.23. The highest BCUT2D eigenvalue weighted by Crippen LogP contribution is 2.38. The molecule has 0 amide bonds. The smallest absolute Gasteiger partial charge is 0.366 e. The van der Waals surface area contributed by atoms with Crippen LogP contribution in [-0.4, -0.2) is 12.1 Å². The number of anilines is 1. The largest absolute Gasteiger partial charge is 0.416 e. The van der Waals surface area contributed by atoms with Gasteiger partial charge in [-0.2, -0.15) is 13.2 Å². The third kappa shape index (κ3) is 2.71. The Balaban J connectivity index is 2.42. The number of hydrogen-bond acceptors (Lipinski definition) is 2. The van der Waals surface area contributed by atoms with Crippen LogP contribution in [0.5, 0.6) is 0 Å². The zero-order valence-corrected chi connectivity index (χ0v) is 11.2. The summed E-state index contributed by atoms with van der Waals surface area (Å²) in [6.45, 7) is 5.20. The number of rotatable bonds is 2. The van der Waals surface area contributed by atoms with E-state index in [1.807, 2.05) is 0 Å². The van der Waals surface area contributed by atoms with Crippen molar-refractivity contribution in [3.8, 4) is 0 Å². The van der Waals surface area contributed by atoms with Crippen molar-refractivity contribution >= 4 is 5.69 Å². The highest BCUT2D eigenvalue weighted by Gasteiger charge is 2.35. The summed E-state index contributed by atoms with van der Waals surface area (Å²) >= 11 is 0. The van der Waals surface area contributed by atoms with E-state index in [-0.39, 0.29) is 12.1 Å². The predicted octanol–water partition coefficient (Wildman–Crippen LogP) is 3.54. The molecule has 106 valence electrons. The van der Waals surface area contributed by atoms with E-state index < -0.39 is 11.7 Å². The van der Waals surface area contributed by atoms with Gasteiger partial charge in [-0.1, -0.05) is 0 Å². The summed E-state index contributed by atoms with van der Waals surface area (Å²) in [5, 5.41) is 0. The second kappa shape index (κ2) is 4.71. The first-order valence-electron chi connectivity index (χ1n) is 6.43. The highest BCUT2D eigenvalue weighted by atomic mass is 19.4. The van der Waals surface area contributed by atoms with Crippen molar-refractivity contribution in [1.82, 2.24) is 0 Å². The van der Waals surface area contributed by atoms with Gasteiger partial charge in [0.1, 0.15) is 0 Å². The van der Waals surface area contributed by atoms with Crippen molar-refractivity contribution in [1.29, 1.82) is 0 Å². The van der Waals surface area contributed by atoms with Crippen molar-refractivity contribution in [2.45, 2.75) is 44.9 Å². The molecule has 1 fully saturated rings. The number of alkyl halides is 3. The first kappa shape index (κ1) is 14.2. The van der Waals surface area contributed by atoms with E-state index >= 15 is 0 Å². The van der Waals surface area contributed by atoms with Gasteiger partial charge >= 0.3 is 6.18 Å². The fraction of sp³-hybridized carbons (Fsp3) is 0.571. The van der Waals surface area contributed by atoms with Crippen LogP contribution in [0, 0.1) is 0 Å². The minimum Gasteiger partial charge on any atom is -0.366 e. The highest BCUT2D eigenvalue weighted by molar-refractivity contribution is 5.58. The molecule has 1 saturated heterocycles. The van der Waals surface area contributed by atoms with Gasteiger partial charge < -0.3 is 10.6 Å². The van der Waals surface area contributed by atoms with Crippen LogP contribution in [0.25, 0.3) is 0 Å². The molecule has 1 heterocycles. The summed E-state index contributed by atoms with van der Waals surface area (Å²) in [7, 11) is 0. The molecule has 2 nitrogen and oxygen atoms in total. The third-order valence-corrected chi connectivity index (χ3v) is 3.82.